The van der Waals surface area contributed by atoms with Crippen molar-refractivity contribution in [3.63, 3.8) is 0 Å². The largest absolute Gasteiger partial charge is 0.371 e. The lowest BCUT2D eigenvalue weighted by molar-refractivity contribution is -0.136. The number of imide groups is 2. The first-order valence-electron chi connectivity index (χ1n) is 23.6. The molecular formula is C47H60N12O6. The fourth-order valence-electron chi connectivity index (χ4n) is 12.0. The van der Waals surface area contributed by atoms with Crippen molar-refractivity contribution in [1.82, 2.24) is 35.2 Å². The van der Waals surface area contributed by atoms with Gasteiger partial charge in [0.05, 0.1) is 40.9 Å². The Morgan fingerprint density at radius 1 is 0.846 bits per heavy atom. The third-order valence-electron chi connectivity index (χ3n) is 15.7. The highest BCUT2D eigenvalue weighted by Crippen LogP contribution is 2.43. The summed E-state index contributed by atoms with van der Waals surface area (Å²) in [5.74, 6) is 5.01. The molecule has 6 N–H and O–H groups in total. The van der Waals surface area contributed by atoms with Gasteiger partial charge in [0.15, 0.2) is 0 Å². The van der Waals surface area contributed by atoms with Crippen molar-refractivity contribution in [2.24, 2.45) is 39.3 Å². The quantitative estimate of drug-likeness (QED) is 0.0942. The van der Waals surface area contributed by atoms with Crippen LogP contribution in [-0.2, 0) is 14.4 Å². The van der Waals surface area contributed by atoms with Gasteiger partial charge in [0.2, 0.25) is 23.7 Å². The molecule has 1 aliphatic carbocycles. The van der Waals surface area contributed by atoms with E-state index in [0.29, 0.717) is 46.6 Å². The molecular weight excluding hydrogens is 829 g/mol. The molecule has 7 aliphatic heterocycles. The Labute approximate surface area is 378 Å². The molecule has 65 heavy (non-hydrogen) atoms. The van der Waals surface area contributed by atoms with Crippen LogP contribution in [0.25, 0.3) is 0 Å². The number of amides is 7. The Hall–Kier alpha value is -5.88. The van der Waals surface area contributed by atoms with E-state index in [2.05, 4.69) is 42.5 Å². The van der Waals surface area contributed by atoms with Crippen molar-refractivity contribution in [3.8, 4) is 0 Å². The Balaban J connectivity index is 0.723. The number of primary amides is 1. The minimum atomic E-state index is -0.976. The number of carbonyl (C=O) groups is 6. The molecule has 6 saturated heterocycles. The molecule has 1 saturated carbocycles. The molecule has 0 spiro atoms. The average molecular weight is 889 g/mol. The van der Waals surface area contributed by atoms with E-state index in [4.69, 9.17) is 21.6 Å². The van der Waals surface area contributed by atoms with Gasteiger partial charge in [-0.3, -0.25) is 39.6 Å². The third-order valence-corrected chi connectivity index (χ3v) is 15.7. The van der Waals surface area contributed by atoms with Gasteiger partial charge in [-0.2, -0.15) is 4.99 Å². The zero-order chi connectivity index (χ0) is 45.1. The zero-order valence-corrected chi connectivity index (χ0v) is 37.1. The summed E-state index contributed by atoms with van der Waals surface area (Å²) in [5, 5.41) is 2.25. The van der Waals surface area contributed by atoms with Gasteiger partial charge in [-0.05, 0) is 131 Å². The molecule has 10 rings (SSSR count). The number of piperidine rings is 4. The number of aliphatic imine (C=N–C) groups is 2. The SMILES string of the molecule is CC(C(N)=O)C(=Nc1ccc(C2CCN(CC3CCN(c4ccc5c(c4)C(=O)N(C4CCC(=O)NC4=O)C5=O)CC3)CC2)cc1)N=C(NN)N1CC2CC(N3CC4CCCN4C3=O)C1C2. The number of nitrogens with one attached hydrogen (secondary N) is 2. The number of hydrogen-bond donors (Lipinski definition) is 4. The van der Waals surface area contributed by atoms with Gasteiger partial charge in [0.25, 0.3) is 11.8 Å². The number of fused-ring (bicyclic) bond motifs is 4. The van der Waals surface area contributed by atoms with Crippen LogP contribution >= 0.6 is 0 Å². The van der Waals surface area contributed by atoms with Crippen molar-refractivity contribution >= 4 is 58.7 Å². The Morgan fingerprint density at radius 3 is 2.28 bits per heavy atom. The number of anilines is 1. The maximum Gasteiger partial charge on any atom is 0.320 e. The van der Waals surface area contributed by atoms with Gasteiger partial charge in [0, 0.05) is 51.4 Å². The first kappa shape index (κ1) is 43.0. The number of guanidine groups is 1. The van der Waals surface area contributed by atoms with Gasteiger partial charge < -0.3 is 30.2 Å². The second-order valence-electron chi connectivity index (χ2n) is 19.5. The molecule has 18 heteroatoms. The van der Waals surface area contributed by atoms with E-state index in [0.717, 1.165) is 114 Å². The van der Waals surface area contributed by atoms with Gasteiger partial charge in [0.1, 0.15) is 11.9 Å². The molecule has 7 heterocycles. The lowest BCUT2D eigenvalue weighted by Gasteiger charge is -2.39. The highest BCUT2D eigenvalue weighted by molar-refractivity contribution is 6.23. The van der Waals surface area contributed by atoms with Crippen molar-refractivity contribution in [2.75, 3.05) is 57.3 Å². The van der Waals surface area contributed by atoms with Crippen molar-refractivity contribution in [3.05, 3.63) is 59.2 Å². The fraction of sp³-hybridized carbons (Fsp3) is 0.574. The number of likely N-dealkylation sites (tertiary alicyclic amines) is 2. The van der Waals surface area contributed by atoms with Gasteiger partial charge in [-0.15, -0.1) is 0 Å². The van der Waals surface area contributed by atoms with E-state index >= 15 is 0 Å². The predicted molar refractivity (Wildman–Crippen MR) is 242 cm³/mol. The molecule has 344 valence electrons. The number of nitrogens with zero attached hydrogens (tertiary/aromatic N) is 8. The van der Waals surface area contributed by atoms with Gasteiger partial charge >= 0.3 is 6.03 Å². The van der Waals surface area contributed by atoms with E-state index in [-0.39, 0.29) is 36.8 Å². The molecule has 7 amide bonds. The second kappa shape index (κ2) is 17.5. The molecule has 18 nitrogen and oxygen atoms in total. The number of hydrogen-bond acceptors (Lipinski definition) is 10. The van der Waals surface area contributed by atoms with Crippen LogP contribution in [-0.4, -0.2) is 148 Å². The minimum Gasteiger partial charge on any atom is -0.371 e. The Bertz CT molecular complexity index is 2320. The van der Waals surface area contributed by atoms with Crippen LogP contribution in [0.15, 0.2) is 52.4 Å². The number of urea groups is 1. The molecule has 7 fully saturated rings. The fourth-order valence-corrected chi connectivity index (χ4v) is 12.0. The van der Waals surface area contributed by atoms with Crippen molar-refractivity contribution in [2.45, 2.75) is 101 Å². The summed E-state index contributed by atoms with van der Waals surface area (Å²) >= 11 is 0. The normalized spacial score (nSPS) is 28.4. The molecule has 2 bridgehead atoms. The Kier molecular flexibility index (Phi) is 11.6. The zero-order valence-electron chi connectivity index (χ0n) is 37.1. The summed E-state index contributed by atoms with van der Waals surface area (Å²) in [5.41, 5.74) is 12.1. The standard InChI is InChI=1S/C47H60N12O6/c1-27(41(48)61)42(52-46(53-49)57-25-29-21-38(57)39(22-29)58-26-34-3-2-16-56(34)47(58)65)50-32-6-4-30(5-7-32)31-14-17-54(18-15-31)24-28-12-19-55(20-13-28)33-8-9-35-36(23-33)45(64)59(44(35)63)37-10-11-40(60)51-43(37)62/h4-9,23,27-29,31,34,37-39H,2-3,10-22,24-26,49H2,1H3,(H2,48,61)(H,50,52,53)(H,51,60,62). The van der Waals surface area contributed by atoms with Crippen LogP contribution in [0.1, 0.15) is 103 Å². The molecule has 6 atom stereocenters. The number of hydrazine groups is 1. The number of amidine groups is 1. The average Bonchev–Trinajstić information content (AvgIpc) is 4.15. The summed E-state index contributed by atoms with van der Waals surface area (Å²) in [6, 6.07) is 13.2. The highest BCUT2D eigenvalue weighted by Gasteiger charge is 2.53. The van der Waals surface area contributed by atoms with Crippen LogP contribution in [0.5, 0.6) is 0 Å². The number of rotatable bonds is 9. The molecule has 0 radical (unpaired) electrons. The summed E-state index contributed by atoms with van der Waals surface area (Å²) in [6.07, 6.45) is 8.46. The first-order chi connectivity index (χ1) is 31.4. The van der Waals surface area contributed by atoms with Gasteiger partial charge in [-0.25, -0.2) is 15.6 Å². The molecule has 0 aromatic heterocycles. The van der Waals surface area contributed by atoms with Crippen molar-refractivity contribution in [1.29, 1.82) is 0 Å². The van der Waals surface area contributed by atoms with Crippen LogP contribution < -0.4 is 27.2 Å². The monoisotopic (exact) mass is 888 g/mol. The van der Waals surface area contributed by atoms with E-state index < -0.39 is 41.5 Å². The van der Waals surface area contributed by atoms with Crippen LogP contribution in [0.4, 0.5) is 16.2 Å². The van der Waals surface area contributed by atoms with Crippen LogP contribution in [0, 0.1) is 17.8 Å². The number of carbonyl (C=O) groups excluding carboxylic acids is 6. The predicted octanol–water partition coefficient (Wildman–Crippen LogP) is 2.52. The minimum absolute atomic E-state index is 0.0804. The maximum atomic E-state index is 13.4. The van der Waals surface area contributed by atoms with Crippen LogP contribution in [0.3, 0.4) is 0 Å². The third kappa shape index (κ3) is 8.12. The lowest BCUT2D eigenvalue weighted by Crippen LogP contribution is -2.57. The summed E-state index contributed by atoms with van der Waals surface area (Å²) in [7, 11) is 0. The van der Waals surface area contributed by atoms with E-state index in [1.807, 2.05) is 23.1 Å². The Morgan fingerprint density at radius 2 is 1.58 bits per heavy atom. The van der Waals surface area contributed by atoms with Crippen LogP contribution in [0.2, 0.25) is 0 Å². The van der Waals surface area contributed by atoms with Gasteiger partial charge in [-0.1, -0.05) is 12.1 Å². The molecule has 8 aliphatic rings. The highest BCUT2D eigenvalue weighted by atomic mass is 16.2. The van der Waals surface area contributed by atoms with Crippen molar-refractivity contribution < 1.29 is 28.8 Å². The number of benzene rings is 2. The summed E-state index contributed by atoms with van der Waals surface area (Å²) in [4.78, 5) is 98.4. The smallest absolute Gasteiger partial charge is 0.320 e. The lowest BCUT2D eigenvalue weighted by atomic mass is 9.88. The summed E-state index contributed by atoms with van der Waals surface area (Å²) < 4.78 is 0. The second-order valence-corrected chi connectivity index (χ2v) is 19.5. The number of nitrogens with two attached hydrogens (primary N) is 2. The molecule has 2 aromatic rings. The van der Waals surface area contributed by atoms with E-state index in [1.54, 1.807) is 19.1 Å². The topological polar surface area (TPSA) is 223 Å². The van der Waals surface area contributed by atoms with E-state index in [9.17, 15) is 28.8 Å². The summed E-state index contributed by atoms with van der Waals surface area (Å²) in [6.45, 7) is 8.87. The first-order valence-corrected chi connectivity index (χ1v) is 23.6. The van der Waals surface area contributed by atoms with E-state index in [1.165, 1.54) is 5.56 Å². The molecule has 2 aromatic carbocycles. The maximum absolute atomic E-state index is 13.4. The molecule has 6 unspecified atom stereocenters.